The summed E-state index contributed by atoms with van der Waals surface area (Å²) in [5, 5.41) is 12.9. The van der Waals surface area contributed by atoms with E-state index < -0.39 is 0 Å². The fraction of sp³-hybridized carbons (Fsp3) is 0.583. The first-order valence-electron chi connectivity index (χ1n) is 5.90. The van der Waals surface area contributed by atoms with Gasteiger partial charge in [-0.2, -0.15) is 10.4 Å². The highest BCUT2D eigenvalue weighted by Crippen LogP contribution is 2.17. The van der Waals surface area contributed by atoms with E-state index in [0.29, 0.717) is 30.2 Å². The molecule has 18 heavy (non-hydrogen) atoms. The highest BCUT2D eigenvalue weighted by molar-refractivity contribution is 5.98. The Morgan fingerprint density at radius 1 is 1.67 bits per heavy atom. The van der Waals surface area contributed by atoms with Gasteiger partial charge in [-0.15, -0.1) is 0 Å². The molecule has 0 radical (unpaired) electrons. The minimum absolute atomic E-state index is 0.180. The number of hydrogen-bond acceptors (Lipinski definition) is 4. The molecule has 1 rings (SSSR count). The van der Waals surface area contributed by atoms with E-state index in [1.54, 1.807) is 25.8 Å². The molecule has 6 heteroatoms. The normalized spacial score (nSPS) is 11.9. The zero-order valence-electron chi connectivity index (χ0n) is 11.3. The van der Waals surface area contributed by atoms with Crippen LogP contribution in [-0.4, -0.2) is 33.7 Å². The second-order valence-electron chi connectivity index (χ2n) is 4.35. The van der Waals surface area contributed by atoms with Crippen molar-refractivity contribution in [2.75, 3.05) is 18.8 Å². The van der Waals surface area contributed by atoms with Crippen molar-refractivity contribution >= 4 is 11.6 Å². The molecule has 1 amide bonds. The number of nitrogen functional groups attached to an aromatic ring is 1. The molecule has 0 aliphatic heterocycles. The third-order valence-corrected chi connectivity index (χ3v) is 2.85. The molecule has 98 valence electrons. The molecule has 1 heterocycles. The average molecular weight is 249 g/mol. The van der Waals surface area contributed by atoms with E-state index in [2.05, 4.69) is 11.2 Å². The van der Waals surface area contributed by atoms with Gasteiger partial charge in [0.15, 0.2) is 0 Å². The minimum atomic E-state index is -0.204. The summed E-state index contributed by atoms with van der Waals surface area (Å²) < 4.78 is 1.49. The van der Waals surface area contributed by atoms with Gasteiger partial charge in [0.2, 0.25) is 0 Å². The van der Waals surface area contributed by atoms with E-state index in [-0.39, 0.29) is 11.8 Å². The maximum atomic E-state index is 12.4. The molecule has 2 N–H and O–H groups in total. The molecule has 0 aliphatic carbocycles. The van der Waals surface area contributed by atoms with Crippen LogP contribution in [0.2, 0.25) is 0 Å². The first-order chi connectivity index (χ1) is 8.42. The van der Waals surface area contributed by atoms with Crippen molar-refractivity contribution in [2.24, 2.45) is 13.0 Å². The van der Waals surface area contributed by atoms with E-state index in [0.717, 1.165) is 0 Å². The number of aryl methyl sites for hydroxylation is 2. The van der Waals surface area contributed by atoms with Gasteiger partial charge in [0.05, 0.1) is 23.4 Å². The number of nitrogens with zero attached hydrogens (tertiary/aromatic N) is 4. The van der Waals surface area contributed by atoms with Crippen LogP contribution >= 0.6 is 0 Å². The standard InChI is InChI=1S/C12H19N5O/c1-5-17(7-8(2)6-13)12(18)11-10(14)9(3)15-16(11)4/h8H,5,7,14H2,1-4H3. The van der Waals surface area contributed by atoms with Crippen LogP contribution in [0.25, 0.3) is 0 Å². The summed E-state index contributed by atoms with van der Waals surface area (Å²) in [6.07, 6.45) is 0. The summed E-state index contributed by atoms with van der Waals surface area (Å²) in [7, 11) is 1.69. The first-order valence-corrected chi connectivity index (χ1v) is 5.90. The van der Waals surface area contributed by atoms with Gasteiger partial charge in [-0.05, 0) is 20.8 Å². The summed E-state index contributed by atoms with van der Waals surface area (Å²) >= 11 is 0. The number of amides is 1. The SMILES string of the molecule is CCN(CC(C)C#N)C(=O)c1c(N)c(C)nn1C. The van der Waals surface area contributed by atoms with Crippen molar-refractivity contribution in [1.82, 2.24) is 14.7 Å². The Hall–Kier alpha value is -2.03. The van der Waals surface area contributed by atoms with Crippen LogP contribution in [0.15, 0.2) is 0 Å². The van der Waals surface area contributed by atoms with Crippen LogP contribution < -0.4 is 5.73 Å². The lowest BCUT2D eigenvalue weighted by Crippen LogP contribution is -2.35. The summed E-state index contributed by atoms with van der Waals surface area (Å²) in [5.41, 5.74) is 7.30. The number of rotatable bonds is 4. The lowest BCUT2D eigenvalue weighted by Gasteiger charge is -2.22. The van der Waals surface area contributed by atoms with Crippen molar-refractivity contribution in [2.45, 2.75) is 20.8 Å². The van der Waals surface area contributed by atoms with Crippen molar-refractivity contribution < 1.29 is 4.79 Å². The van der Waals surface area contributed by atoms with Crippen molar-refractivity contribution in [1.29, 1.82) is 5.26 Å². The van der Waals surface area contributed by atoms with Crippen molar-refractivity contribution in [3.8, 4) is 6.07 Å². The Kier molecular flexibility index (Phi) is 4.32. The number of carbonyl (C=O) groups excluding carboxylic acids is 1. The van der Waals surface area contributed by atoms with E-state index in [9.17, 15) is 4.79 Å². The largest absolute Gasteiger partial charge is 0.395 e. The molecule has 1 aromatic heterocycles. The predicted octanol–water partition coefficient (Wildman–Crippen LogP) is 0.932. The van der Waals surface area contributed by atoms with E-state index in [1.165, 1.54) is 4.68 Å². The summed E-state index contributed by atoms with van der Waals surface area (Å²) in [4.78, 5) is 14.0. The Morgan fingerprint density at radius 3 is 2.67 bits per heavy atom. The smallest absolute Gasteiger partial charge is 0.274 e. The van der Waals surface area contributed by atoms with E-state index in [4.69, 9.17) is 11.0 Å². The van der Waals surface area contributed by atoms with Gasteiger partial charge in [0, 0.05) is 20.1 Å². The monoisotopic (exact) mass is 249 g/mol. The molecule has 0 bridgehead atoms. The molecule has 1 unspecified atom stereocenters. The first kappa shape index (κ1) is 14.0. The van der Waals surface area contributed by atoms with Crippen molar-refractivity contribution in [3.05, 3.63) is 11.4 Å². The summed E-state index contributed by atoms with van der Waals surface area (Å²) in [6.45, 7) is 6.36. The van der Waals surface area contributed by atoms with E-state index >= 15 is 0 Å². The van der Waals surface area contributed by atoms with Gasteiger partial charge in [0.25, 0.3) is 5.91 Å². The van der Waals surface area contributed by atoms with Crippen LogP contribution in [0, 0.1) is 24.2 Å². The summed E-state index contributed by atoms with van der Waals surface area (Å²) in [6, 6.07) is 2.12. The Bertz CT molecular complexity index is 485. The minimum Gasteiger partial charge on any atom is -0.395 e. The zero-order chi connectivity index (χ0) is 13.9. The van der Waals surface area contributed by atoms with Crippen LogP contribution in [-0.2, 0) is 7.05 Å². The molecule has 0 fully saturated rings. The molecule has 0 spiro atoms. The Balaban J connectivity index is 3.01. The highest BCUT2D eigenvalue weighted by Gasteiger charge is 2.23. The fourth-order valence-electron chi connectivity index (χ4n) is 1.80. The molecule has 1 atom stereocenters. The second kappa shape index (κ2) is 5.54. The number of carbonyl (C=O) groups is 1. The molecule has 0 saturated heterocycles. The van der Waals surface area contributed by atoms with Crippen LogP contribution in [0.5, 0.6) is 0 Å². The maximum Gasteiger partial charge on any atom is 0.274 e. The van der Waals surface area contributed by atoms with E-state index in [1.807, 2.05) is 6.92 Å². The Morgan fingerprint density at radius 2 is 2.28 bits per heavy atom. The highest BCUT2D eigenvalue weighted by atomic mass is 16.2. The molecule has 1 aromatic rings. The van der Waals surface area contributed by atoms with Gasteiger partial charge in [0.1, 0.15) is 5.69 Å². The van der Waals surface area contributed by atoms with Gasteiger partial charge in [-0.1, -0.05) is 0 Å². The third kappa shape index (κ3) is 2.62. The lowest BCUT2D eigenvalue weighted by atomic mass is 10.2. The van der Waals surface area contributed by atoms with Crippen LogP contribution in [0.4, 0.5) is 5.69 Å². The topological polar surface area (TPSA) is 87.9 Å². The van der Waals surface area contributed by atoms with Gasteiger partial charge in [-0.3, -0.25) is 9.48 Å². The molecular weight excluding hydrogens is 230 g/mol. The molecule has 6 nitrogen and oxygen atoms in total. The molecular formula is C12H19N5O. The molecule has 0 aromatic carbocycles. The Labute approximate surface area is 107 Å². The van der Waals surface area contributed by atoms with Gasteiger partial charge >= 0.3 is 0 Å². The number of anilines is 1. The summed E-state index contributed by atoms with van der Waals surface area (Å²) in [5.74, 6) is -0.385. The van der Waals surface area contributed by atoms with Crippen LogP contribution in [0.1, 0.15) is 30.0 Å². The number of hydrogen-bond donors (Lipinski definition) is 1. The molecule has 0 aliphatic rings. The third-order valence-electron chi connectivity index (χ3n) is 2.85. The lowest BCUT2D eigenvalue weighted by molar-refractivity contribution is 0.0742. The number of nitrogens with two attached hydrogens (primary N) is 1. The van der Waals surface area contributed by atoms with Crippen LogP contribution in [0.3, 0.4) is 0 Å². The van der Waals surface area contributed by atoms with Gasteiger partial charge in [-0.25, -0.2) is 0 Å². The molecule has 0 saturated carbocycles. The number of nitriles is 1. The van der Waals surface area contributed by atoms with Gasteiger partial charge < -0.3 is 10.6 Å². The quantitative estimate of drug-likeness (QED) is 0.859. The average Bonchev–Trinajstić information content (AvgIpc) is 2.59. The fourth-order valence-corrected chi connectivity index (χ4v) is 1.80. The predicted molar refractivity (Wildman–Crippen MR) is 68.7 cm³/mol. The van der Waals surface area contributed by atoms with Crippen molar-refractivity contribution in [3.63, 3.8) is 0 Å². The second-order valence-corrected chi connectivity index (χ2v) is 4.35. The number of aromatic nitrogens is 2. The zero-order valence-corrected chi connectivity index (χ0v) is 11.3. The maximum absolute atomic E-state index is 12.4.